The number of nitrogens with zero attached hydrogens (tertiary/aromatic N) is 1. The Hall–Kier alpha value is -0.0800. The maximum atomic E-state index is 5.78. The average Bonchev–Trinajstić information content (AvgIpc) is 2.02. The van der Waals surface area contributed by atoms with E-state index in [0.717, 1.165) is 6.61 Å². The van der Waals surface area contributed by atoms with Crippen molar-refractivity contribution < 1.29 is 9.22 Å². The minimum atomic E-state index is 0.0228. The predicted octanol–water partition coefficient (Wildman–Crippen LogP) is 2.43. The van der Waals surface area contributed by atoms with Crippen molar-refractivity contribution in [3.05, 3.63) is 0 Å². The summed E-state index contributed by atoms with van der Waals surface area (Å²) in [5.41, 5.74) is 0.0228. The van der Waals surface area contributed by atoms with Gasteiger partial charge in [0.15, 0.2) is 0 Å². The van der Waals surface area contributed by atoms with Crippen molar-refractivity contribution in [3.8, 4) is 0 Å². The molecular weight excluding hydrogens is 174 g/mol. The first-order chi connectivity index (χ1) is 6.41. The number of likely N-dealkylation sites (N-methyl/N-ethyl adjacent to an activating group) is 1. The van der Waals surface area contributed by atoms with E-state index in [1.165, 1.54) is 43.4 Å². The van der Waals surface area contributed by atoms with Crippen molar-refractivity contribution in [1.29, 1.82) is 0 Å². The van der Waals surface area contributed by atoms with E-state index in [-0.39, 0.29) is 5.60 Å². The Labute approximate surface area is 88.8 Å². The second-order valence-electron chi connectivity index (χ2n) is 5.81. The molecule has 0 unspecified atom stereocenters. The van der Waals surface area contributed by atoms with E-state index in [2.05, 4.69) is 27.8 Å². The van der Waals surface area contributed by atoms with Crippen LogP contribution in [0.4, 0.5) is 0 Å². The molecule has 84 valence electrons. The molecule has 1 saturated heterocycles. The van der Waals surface area contributed by atoms with Gasteiger partial charge in [-0.05, 0) is 40.0 Å². The van der Waals surface area contributed by atoms with Crippen LogP contribution in [0.15, 0.2) is 0 Å². The molecular formula is C12H26NO+. The summed E-state index contributed by atoms with van der Waals surface area (Å²) in [6.45, 7) is 11.1. The standard InChI is InChI=1S/C12H26NO/c1-12(2,3)14-11-10-13(4)8-6-5-7-9-13/h5-11H2,1-4H3/q+1. The Bertz CT molecular complexity index is 166. The molecule has 0 aromatic heterocycles. The average molecular weight is 200 g/mol. The van der Waals surface area contributed by atoms with Gasteiger partial charge < -0.3 is 9.22 Å². The molecule has 2 heteroatoms. The molecule has 2 nitrogen and oxygen atoms in total. The smallest absolute Gasteiger partial charge is 0.102 e. The summed E-state index contributed by atoms with van der Waals surface area (Å²) in [5.74, 6) is 0. The zero-order chi connectivity index (χ0) is 10.7. The van der Waals surface area contributed by atoms with E-state index in [4.69, 9.17) is 4.74 Å². The fourth-order valence-corrected chi connectivity index (χ4v) is 2.07. The normalized spacial score (nSPS) is 22.3. The summed E-state index contributed by atoms with van der Waals surface area (Å²) in [6, 6.07) is 0. The van der Waals surface area contributed by atoms with Crippen LogP contribution in [0.1, 0.15) is 40.0 Å². The predicted molar refractivity (Wildman–Crippen MR) is 60.3 cm³/mol. The van der Waals surface area contributed by atoms with Gasteiger partial charge in [0.1, 0.15) is 6.54 Å². The van der Waals surface area contributed by atoms with Crippen LogP contribution in [0.3, 0.4) is 0 Å². The molecule has 0 bridgehead atoms. The number of ether oxygens (including phenoxy) is 1. The summed E-state index contributed by atoms with van der Waals surface area (Å²) in [4.78, 5) is 0. The second-order valence-corrected chi connectivity index (χ2v) is 5.81. The topological polar surface area (TPSA) is 9.23 Å². The third-order valence-electron chi connectivity index (χ3n) is 3.06. The molecule has 1 aliphatic heterocycles. The van der Waals surface area contributed by atoms with Crippen LogP contribution in [-0.4, -0.2) is 43.4 Å². The van der Waals surface area contributed by atoms with E-state index in [0.29, 0.717) is 0 Å². The van der Waals surface area contributed by atoms with Gasteiger partial charge in [-0.25, -0.2) is 0 Å². The first-order valence-corrected chi connectivity index (χ1v) is 5.89. The summed E-state index contributed by atoms with van der Waals surface area (Å²) in [7, 11) is 2.37. The maximum absolute atomic E-state index is 5.78. The molecule has 0 N–H and O–H groups in total. The first kappa shape index (κ1) is 12.0. The quantitative estimate of drug-likeness (QED) is 0.636. The van der Waals surface area contributed by atoms with Crippen LogP contribution < -0.4 is 0 Å². The monoisotopic (exact) mass is 200 g/mol. The van der Waals surface area contributed by atoms with Crippen molar-refractivity contribution >= 4 is 0 Å². The van der Waals surface area contributed by atoms with Crippen molar-refractivity contribution in [2.24, 2.45) is 0 Å². The molecule has 0 amide bonds. The Morgan fingerprint density at radius 3 is 2.14 bits per heavy atom. The van der Waals surface area contributed by atoms with Gasteiger partial charge in [-0.1, -0.05) is 0 Å². The molecule has 0 aromatic carbocycles. The lowest BCUT2D eigenvalue weighted by Gasteiger charge is -2.38. The lowest BCUT2D eigenvalue weighted by molar-refractivity contribution is -0.914. The van der Waals surface area contributed by atoms with E-state index < -0.39 is 0 Å². The SMILES string of the molecule is CC(C)(C)OCC[N+]1(C)CCCCC1. The largest absolute Gasteiger partial charge is 0.370 e. The lowest BCUT2D eigenvalue weighted by atomic mass is 10.1. The summed E-state index contributed by atoms with van der Waals surface area (Å²) >= 11 is 0. The molecule has 14 heavy (non-hydrogen) atoms. The third-order valence-corrected chi connectivity index (χ3v) is 3.06. The molecule has 1 fully saturated rings. The van der Waals surface area contributed by atoms with E-state index in [1.807, 2.05) is 0 Å². The summed E-state index contributed by atoms with van der Waals surface area (Å²) in [6.07, 6.45) is 4.21. The molecule has 0 spiro atoms. The van der Waals surface area contributed by atoms with E-state index in [1.54, 1.807) is 0 Å². The minimum Gasteiger partial charge on any atom is -0.370 e. The molecule has 0 aromatic rings. The van der Waals surface area contributed by atoms with Crippen molar-refractivity contribution in [2.45, 2.75) is 45.6 Å². The molecule has 1 heterocycles. The number of hydrogen-bond acceptors (Lipinski definition) is 1. The Morgan fingerprint density at radius 1 is 1.07 bits per heavy atom. The summed E-state index contributed by atoms with van der Waals surface area (Å²) in [5, 5.41) is 0. The van der Waals surface area contributed by atoms with Crippen LogP contribution in [0.25, 0.3) is 0 Å². The Kier molecular flexibility index (Phi) is 3.96. The highest BCUT2D eigenvalue weighted by atomic mass is 16.5. The fourth-order valence-electron chi connectivity index (χ4n) is 2.07. The van der Waals surface area contributed by atoms with Crippen LogP contribution in [0, 0.1) is 0 Å². The van der Waals surface area contributed by atoms with Gasteiger partial charge >= 0.3 is 0 Å². The Balaban J connectivity index is 2.22. The van der Waals surface area contributed by atoms with Gasteiger partial charge in [-0.15, -0.1) is 0 Å². The molecule has 0 aliphatic carbocycles. The second kappa shape index (κ2) is 4.63. The van der Waals surface area contributed by atoms with E-state index >= 15 is 0 Å². The molecule has 0 radical (unpaired) electrons. The third kappa shape index (κ3) is 4.43. The zero-order valence-corrected chi connectivity index (χ0v) is 10.3. The van der Waals surface area contributed by atoms with Crippen LogP contribution in [-0.2, 0) is 4.74 Å². The summed E-state index contributed by atoms with van der Waals surface area (Å²) < 4.78 is 7.00. The number of likely N-dealkylation sites (tertiary alicyclic amines) is 1. The number of hydrogen-bond donors (Lipinski definition) is 0. The van der Waals surface area contributed by atoms with Gasteiger partial charge in [-0.3, -0.25) is 0 Å². The zero-order valence-electron chi connectivity index (χ0n) is 10.3. The first-order valence-electron chi connectivity index (χ1n) is 5.89. The van der Waals surface area contributed by atoms with Gasteiger partial charge in [0.05, 0.1) is 32.3 Å². The van der Waals surface area contributed by atoms with Gasteiger partial charge in [0.25, 0.3) is 0 Å². The number of quaternary nitrogens is 1. The highest BCUT2D eigenvalue weighted by Gasteiger charge is 2.24. The van der Waals surface area contributed by atoms with E-state index in [9.17, 15) is 0 Å². The molecule has 0 saturated carbocycles. The van der Waals surface area contributed by atoms with Crippen molar-refractivity contribution in [3.63, 3.8) is 0 Å². The van der Waals surface area contributed by atoms with Crippen molar-refractivity contribution in [1.82, 2.24) is 0 Å². The van der Waals surface area contributed by atoms with Gasteiger partial charge in [-0.2, -0.15) is 0 Å². The number of rotatable bonds is 3. The molecule has 1 rings (SSSR count). The Morgan fingerprint density at radius 2 is 1.64 bits per heavy atom. The molecule has 0 atom stereocenters. The van der Waals surface area contributed by atoms with Crippen LogP contribution in [0.5, 0.6) is 0 Å². The molecule has 1 aliphatic rings. The lowest BCUT2D eigenvalue weighted by Crippen LogP contribution is -2.50. The fraction of sp³-hybridized carbons (Fsp3) is 1.00. The number of piperidine rings is 1. The van der Waals surface area contributed by atoms with Gasteiger partial charge in [0, 0.05) is 0 Å². The van der Waals surface area contributed by atoms with Gasteiger partial charge in [0.2, 0.25) is 0 Å². The maximum Gasteiger partial charge on any atom is 0.102 e. The highest BCUT2D eigenvalue weighted by Crippen LogP contribution is 2.16. The van der Waals surface area contributed by atoms with Crippen molar-refractivity contribution in [2.75, 3.05) is 33.3 Å². The van der Waals surface area contributed by atoms with Crippen LogP contribution in [0.2, 0.25) is 0 Å². The minimum absolute atomic E-state index is 0.0228. The van der Waals surface area contributed by atoms with Crippen LogP contribution >= 0.6 is 0 Å². The highest BCUT2D eigenvalue weighted by molar-refractivity contribution is 4.59.